The van der Waals surface area contributed by atoms with Gasteiger partial charge >= 0.3 is 0 Å². The van der Waals surface area contributed by atoms with Crippen LogP contribution in [0.2, 0.25) is 10.0 Å². The molecule has 8 N–H and O–H groups in total. The first-order valence-electron chi connectivity index (χ1n) is 19.8. The van der Waals surface area contributed by atoms with Crippen LogP contribution in [0.4, 0.5) is 20.4 Å². The van der Waals surface area contributed by atoms with Gasteiger partial charge in [-0.05, 0) is 50.4 Å². The third-order valence-corrected chi connectivity index (χ3v) is 11.2. The number of aromatic amines is 2. The molecule has 0 aliphatic carbocycles. The number of nitrogens with two attached hydrogens (primary N) is 1. The Labute approximate surface area is 359 Å². The van der Waals surface area contributed by atoms with Gasteiger partial charge in [-0.25, -0.2) is 38.7 Å². The summed E-state index contributed by atoms with van der Waals surface area (Å²) in [6.45, 7) is 5.88. The molecule has 8 rings (SSSR count). The molecule has 17 nitrogen and oxygen atoms in total. The van der Waals surface area contributed by atoms with Crippen LogP contribution in [0, 0.1) is 17.6 Å². The summed E-state index contributed by atoms with van der Waals surface area (Å²) >= 11 is 12.1. The minimum absolute atomic E-state index is 0.0141. The lowest BCUT2D eigenvalue weighted by Gasteiger charge is -2.38. The Bertz CT molecular complexity index is 2460. The standard InChI is InChI=1S/C21H26ClFN6O2.C19H21ClFN7O2/c1-12-3-4-29(9-14(30)11-31-2)10-18(12)27-21-17(23)8-26-20(28-21)16-7-25-19-15(16)5-13(22)6-24-19;20-10-4-12-13(6-24-17(12)23-5-10)18-25-7-14(21)19(27-18)26-11-2-1-3-28(8-11)9-15(29)16(22)30/h5-8,12,14,18,30H,3-4,9-11H2,1-2H3,(H,24,25)(H,26,27,28);4-7,11,15,29H,1-3,8-9H2,(H2,22,30)(H,23,24)(H,25,26,27)/t12-,14?,18?;/m0./s1. The number of primary amides is 1. The van der Waals surface area contributed by atoms with Gasteiger partial charge in [0.25, 0.3) is 0 Å². The van der Waals surface area contributed by atoms with E-state index < -0.39 is 29.7 Å². The molecule has 6 aromatic rings. The molecule has 0 radical (unpaired) electrons. The van der Waals surface area contributed by atoms with Gasteiger partial charge in [-0.3, -0.25) is 14.6 Å². The predicted molar refractivity (Wildman–Crippen MR) is 228 cm³/mol. The normalized spacial score (nSPS) is 19.6. The number of anilines is 2. The van der Waals surface area contributed by atoms with Gasteiger partial charge in [0.15, 0.2) is 34.9 Å². The van der Waals surface area contributed by atoms with Crippen LogP contribution in [0.3, 0.4) is 0 Å². The van der Waals surface area contributed by atoms with Crippen LogP contribution in [0.15, 0.2) is 49.3 Å². The van der Waals surface area contributed by atoms with Crippen LogP contribution in [0.25, 0.3) is 44.8 Å². The summed E-state index contributed by atoms with van der Waals surface area (Å²) in [5, 5.41) is 28.6. The third kappa shape index (κ3) is 10.8. The number of hydrogen-bond acceptors (Lipinski definition) is 14. The number of aliphatic hydroxyl groups is 2. The molecule has 2 aliphatic rings. The number of carbonyl (C=O) groups excluding carboxylic acids is 1. The van der Waals surface area contributed by atoms with Gasteiger partial charge in [-0.2, -0.15) is 0 Å². The van der Waals surface area contributed by atoms with E-state index >= 15 is 0 Å². The van der Waals surface area contributed by atoms with Crippen LogP contribution in [0.1, 0.15) is 26.2 Å². The van der Waals surface area contributed by atoms with Gasteiger partial charge < -0.3 is 41.3 Å². The van der Waals surface area contributed by atoms with Gasteiger partial charge in [0.1, 0.15) is 17.4 Å². The molecular weight excluding hydrogens is 835 g/mol. The minimum atomic E-state index is -1.23. The number of aromatic nitrogens is 8. The van der Waals surface area contributed by atoms with E-state index in [-0.39, 0.29) is 36.9 Å². The second-order valence-electron chi connectivity index (χ2n) is 15.3. The van der Waals surface area contributed by atoms with Gasteiger partial charge in [-0.1, -0.05) is 30.1 Å². The maximum Gasteiger partial charge on any atom is 0.247 e. The first kappa shape index (κ1) is 43.9. The zero-order valence-corrected chi connectivity index (χ0v) is 35.0. The molecule has 0 aromatic carbocycles. The summed E-state index contributed by atoms with van der Waals surface area (Å²) in [7, 11) is 1.57. The number of amides is 1. The molecule has 2 aliphatic heterocycles. The van der Waals surface area contributed by atoms with E-state index in [1.165, 1.54) is 12.4 Å². The first-order valence-corrected chi connectivity index (χ1v) is 20.5. The molecular formula is C40H47Cl2F2N13O4. The average molecular weight is 883 g/mol. The maximum absolute atomic E-state index is 14.6. The molecule has 8 heterocycles. The van der Waals surface area contributed by atoms with Crippen molar-refractivity contribution in [3.05, 3.63) is 71.0 Å². The van der Waals surface area contributed by atoms with Crippen molar-refractivity contribution in [3.63, 3.8) is 0 Å². The number of aliphatic hydroxyl groups excluding tert-OH is 2. The Kier molecular flexibility index (Phi) is 14.2. The van der Waals surface area contributed by atoms with Crippen molar-refractivity contribution in [3.8, 4) is 22.8 Å². The van der Waals surface area contributed by atoms with Crippen molar-refractivity contribution in [2.75, 3.05) is 63.6 Å². The fourth-order valence-corrected chi connectivity index (χ4v) is 7.91. The highest BCUT2D eigenvalue weighted by Gasteiger charge is 2.29. The molecule has 21 heteroatoms. The van der Waals surface area contributed by atoms with Gasteiger partial charge in [0.05, 0.1) is 35.1 Å². The number of ether oxygens (including phenoxy) is 1. The topological polar surface area (TPSA) is 232 Å². The lowest BCUT2D eigenvalue weighted by atomic mass is 9.93. The smallest absolute Gasteiger partial charge is 0.247 e. The van der Waals surface area contributed by atoms with Crippen LogP contribution in [0.5, 0.6) is 0 Å². The summed E-state index contributed by atoms with van der Waals surface area (Å²) in [6.07, 6.45) is 9.62. The second-order valence-corrected chi connectivity index (χ2v) is 16.2. The monoisotopic (exact) mass is 881 g/mol. The predicted octanol–water partition coefficient (Wildman–Crippen LogP) is 4.48. The number of pyridine rings is 2. The summed E-state index contributed by atoms with van der Waals surface area (Å²) in [5.41, 5.74) is 7.79. The Balaban J connectivity index is 0.000000184. The number of carbonyl (C=O) groups is 1. The van der Waals surface area contributed by atoms with Gasteiger partial charge in [-0.15, -0.1) is 0 Å². The lowest BCUT2D eigenvalue weighted by molar-refractivity contribution is -0.127. The van der Waals surface area contributed by atoms with E-state index in [1.807, 2.05) is 4.90 Å². The van der Waals surface area contributed by atoms with Crippen molar-refractivity contribution < 1.29 is 28.5 Å². The summed E-state index contributed by atoms with van der Waals surface area (Å²) < 4.78 is 34.0. The molecule has 2 fully saturated rings. The zero-order valence-electron chi connectivity index (χ0n) is 33.5. The van der Waals surface area contributed by atoms with Crippen LogP contribution >= 0.6 is 23.2 Å². The van der Waals surface area contributed by atoms with Crippen molar-refractivity contribution in [2.24, 2.45) is 11.7 Å². The number of β-amino-alcohol motifs (C(OH)–C–C–N with tert-alkyl or cyclic N) is 2. The van der Waals surface area contributed by atoms with E-state index in [1.54, 1.807) is 37.8 Å². The van der Waals surface area contributed by atoms with Crippen molar-refractivity contribution in [1.82, 2.24) is 49.7 Å². The number of hydrogen-bond donors (Lipinski definition) is 7. The average Bonchev–Trinajstić information content (AvgIpc) is 3.85. The van der Waals surface area contributed by atoms with Gasteiger partial charge in [0, 0.05) is 92.1 Å². The van der Waals surface area contributed by atoms with E-state index in [4.69, 9.17) is 33.7 Å². The Hall–Kier alpha value is -5.15. The number of piperidine rings is 2. The number of nitrogens with zero attached hydrogens (tertiary/aromatic N) is 8. The van der Waals surface area contributed by atoms with Crippen LogP contribution in [-0.4, -0.2) is 143 Å². The highest BCUT2D eigenvalue weighted by Crippen LogP contribution is 2.31. The molecule has 2 saturated heterocycles. The van der Waals surface area contributed by atoms with E-state index in [0.717, 1.165) is 49.3 Å². The molecule has 61 heavy (non-hydrogen) atoms. The Morgan fingerprint density at radius 1 is 0.869 bits per heavy atom. The first-order chi connectivity index (χ1) is 29.3. The number of rotatable bonds is 13. The number of methoxy groups -OCH3 is 1. The molecule has 5 atom stereocenters. The largest absolute Gasteiger partial charge is 0.389 e. The van der Waals surface area contributed by atoms with Crippen molar-refractivity contribution in [2.45, 2.75) is 50.5 Å². The van der Waals surface area contributed by atoms with E-state index in [2.05, 4.69) is 62.3 Å². The van der Waals surface area contributed by atoms with Crippen molar-refractivity contribution >= 4 is 62.8 Å². The number of likely N-dealkylation sites (tertiary alicyclic amines) is 2. The van der Waals surface area contributed by atoms with Gasteiger partial charge in [0.2, 0.25) is 5.91 Å². The molecule has 0 saturated carbocycles. The fourth-order valence-electron chi connectivity index (χ4n) is 7.60. The number of halogens is 4. The Morgan fingerprint density at radius 2 is 1.44 bits per heavy atom. The van der Waals surface area contributed by atoms with E-state index in [0.29, 0.717) is 69.7 Å². The zero-order chi connectivity index (χ0) is 43.2. The van der Waals surface area contributed by atoms with Crippen LogP contribution in [-0.2, 0) is 9.53 Å². The molecule has 4 unspecified atom stereocenters. The second kappa shape index (κ2) is 19.7. The number of H-pyrrole nitrogens is 2. The molecule has 324 valence electrons. The SMILES string of the molecule is COCC(O)CN1CC[C@H](C)C(Nc2nc(-c3c[nH]c4ncc(Cl)cc34)ncc2F)C1.NC(=O)C(O)CN1CCCC(Nc2nc(-c3c[nH]c4ncc(Cl)cc34)ncc2F)C1. The molecule has 6 aromatic heterocycles. The summed E-state index contributed by atoms with van der Waals surface area (Å²) in [4.78, 5) is 46.9. The van der Waals surface area contributed by atoms with E-state index in [9.17, 15) is 23.8 Å². The van der Waals surface area contributed by atoms with Crippen molar-refractivity contribution in [1.29, 1.82) is 0 Å². The summed E-state index contributed by atoms with van der Waals surface area (Å²) in [5.74, 6) is -0.541. The minimum Gasteiger partial charge on any atom is -0.389 e. The molecule has 0 bridgehead atoms. The fraction of sp³-hybridized carbons (Fsp3) is 0.425. The number of fused-ring (bicyclic) bond motifs is 2. The number of nitrogens with one attached hydrogen (secondary N) is 4. The molecule has 0 spiro atoms. The maximum atomic E-state index is 14.6. The Morgan fingerprint density at radius 3 is 2.02 bits per heavy atom. The quantitative estimate of drug-likeness (QED) is 0.0849. The highest BCUT2D eigenvalue weighted by molar-refractivity contribution is 6.31. The van der Waals surface area contributed by atoms with Crippen LogP contribution < -0.4 is 16.4 Å². The highest BCUT2D eigenvalue weighted by atomic mass is 35.5. The summed E-state index contributed by atoms with van der Waals surface area (Å²) in [6, 6.07) is 3.41. The third-order valence-electron chi connectivity index (χ3n) is 10.8. The molecule has 1 amide bonds. The lowest BCUT2D eigenvalue weighted by Crippen LogP contribution is -2.49.